The Bertz CT molecular complexity index is 204. The fourth-order valence-corrected chi connectivity index (χ4v) is 0.958. The van der Waals surface area contributed by atoms with Crippen LogP contribution in [-0.4, -0.2) is 36.8 Å². The Balaban J connectivity index is 4.04. The van der Waals surface area contributed by atoms with E-state index in [1.165, 1.54) is 14.0 Å². The SMILES string of the molecule is CN(CC(F)(F)F)CC(C)(N)C#N. The highest BCUT2D eigenvalue weighted by atomic mass is 19.4. The summed E-state index contributed by atoms with van der Waals surface area (Å²) in [6.07, 6.45) is -4.25. The van der Waals surface area contributed by atoms with Crippen molar-refractivity contribution in [1.82, 2.24) is 4.90 Å². The van der Waals surface area contributed by atoms with E-state index in [0.29, 0.717) is 0 Å². The Labute approximate surface area is 74.9 Å². The maximum absolute atomic E-state index is 11.8. The van der Waals surface area contributed by atoms with E-state index in [-0.39, 0.29) is 6.54 Å². The van der Waals surface area contributed by atoms with E-state index in [9.17, 15) is 13.2 Å². The predicted octanol–water partition coefficient (Wildman–Crippen LogP) is 0.721. The lowest BCUT2D eigenvalue weighted by atomic mass is 10.1. The summed E-state index contributed by atoms with van der Waals surface area (Å²) < 4.78 is 35.5. The average Bonchev–Trinajstić information content (AvgIpc) is 1.81. The van der Waals surface area contributed by atoms with Crippen LogP contribution in [0.25, 0.3) is 0 Å². The average molecular weight is 195 g/mol. The van der Waals surface area contributed by atoms with Gasteiger partial charge in [0.05, 0.1) is 12.6 Å². The summed E-state index contributed by atoms with van der Waals surface area (Å²) in [6, 6.07) is 1.73. The summed E-state index contributed by atoms with van der Waals surface area (Å²) in [6.45, 7) is 0.227. The van der Waals surface area contributed by atoms with Crippen LogP contribution in [0.1, 0.15) is 6.92 Å². The second-order valence-electron chi connectivity index (χ2n) is 3.32. The van der Waals surface area contributed by atoms with Crippen LogP contribution in [0.3, 0.4) is 0 Å². The maximum Gasteiger partial charge on any atom is 0.401 e. The van der Waals surface area contributed by atoms with E-state index in [0.717, 1.165) is 4.90 Å². The first-order chi connectivity index (χ1) is 5.66. The summed E-state index contributed by atoms with van der Waals surface area (Å²) >= 11 is 0. The Hall–Kier alpha value is -0.800. The highest BCUT2D eigenvalue weighted by molar-refractivity contribution is 5.02. The van der Waals surface area contributed by atoms with Crippen molar-refractivity contribution in [3.05, 3.63) is 0 Å². The van der Waals surface area contributed by atoms with E-state index in [4.69, 9.17) is 11.0 Å². The minimum absolute atomic E-state index is 0.108. The van der Waals surface area contributed by atoms with Gasteiger partial charge in [-0.1, -0.05) is 0 Å². The second kappa shape index (κ2) is 3.94. The second-order valence-corrected chi connectivity index (χ2v) is 3.32. The first-order valence-corrected chi connectivity index (χ1v) is 3.62. The molecule has 6 heteroatoms. The smallest absolute Gasteiger partial charge is 0.313 e. The number of halogens is 3. The molecule has 0 aliphatic rings. The maximum atomic E-state index is 11.8. The Morgan fingerprint density at radius 3 is 2.15 bits per heavy atom. The molecule has 2 N–H and O–H groups in total. The lowest BCUT2D eigenvalue weighted by Gasteiger charge is -2.24. The zero-order chi connectivity index (χ0) is 10.7. The van der Waals surface area contributed by atoms with E-state index < -0.39 is 18.3 Å². The Kier molecular flexibility index (Phi) is 3.70. The third-order valence-corrected chi connectivity index (χ3v) is 1.30. The summed E-state index contributed by atoms with van der Waals surface area (Å²) in [5.74, 6) is 0. The third kappa shape index (κ3) is 6.37. The number of likely N-dealkylation sites (N-methyl/N-ethyl adjacent to an activating group) is 1. The zero-order valence-corrected chi connectivity index (χ0v) is 7.52. The summed E-state index contributed by atoms with van der Waals surface area (Å²) in [5, 5.41) is 8.46. The molecule has 0 fully saturated rings. The highest BCUT2D eigenvalue weighted by Gasteiger charge is 2.31. The molecule has 1 atom stereocenters. The van der Waals surface area contributed by atoms with Crippen molar-refractivity contribution in [3.8, 4) is 6.07 Å². The molecule has 3 nitrogen and oxygen atoms in total. The van der Waals surface area contributed by atoms with Gasteiger partial charge in [-0.15, -0.1) is 0 Å². The molecule has 0 aromatic carbocycles. The van der Waals surface area contributed by atoms with Crippen molar-refractivity contribution in [1.29, 1.82) is 5.26 Å². The van der Waals surface area contributed by atoms with E-state index in [1.54, 1.807) is 6.07 Å². The number of nitrogens with two attached hydrogens (primary N) is 1. The predicted molar refractivity (Wildman–Crippen MR) is 41.8 cm³/mol. The molecule has 0 aromatic heterocycles. The Morgan fingerprint density at radius 2 is 1.85 bits per heavy atom. The van der Waals surface area contributed by atoms with E-state index in [1.807, 2.05) is 0 Å². The minimum atomic E-state index is -4.25. The molecule has 0 saturated carbocycles. The molecule has 0 radical (unpaired) electrons. The fourth-order valence-electron chi connectivity index (χ4n) is 0.958. The molecule has 0 spiro atoms. The molecular formula is C7H12F3N3. The molecule has 76 valence electrons. The van der Waals surface area contributed by atoms with Crippen molar-refractivity contribution in [2.75, 3.05) is 20.1 Å². The molecule has 0 amide bonds. The molecule has 1 unspecified atom stereocenters. The first-order valence-electron chi connectivity index (χ1n) is 3.62. The van der Waals surface area contributed by atoms with Gasteiger partial charge in [-0.2, -0.15) is 18.4 Å². The van der Waals surface area contributed by atoms with Crippen LogP contribution in [0, 0.1) is 11.3 Å². The van der Waals surface area contributed by atoms with Crippen LogP contribution in [0.2, 0.25) is 0 Å². The highest BCUT2D eigenvalue weighted by Crippen LogP contribution is 2.16. The standard InChI is InChI=1S/C7H12F3N3/c1-6(12,3-11)4-13(2)5-7(8,9)10/h4-5,12H2,1-2H3. The fraction of sp³-hybridized carbons (Fsp3) is 0.857. The quantitative estimate of drug-likeness (QED) is 0.722. The van der Waals surface area contributed by atoms with Gasteiger partial charge in [0, 0.05) is 6.54 Å². The third-order valence-electron chi connectivity index (χ3n) is 1.30. The van der Waals surface area contributed by atoms with Crippen LogP contribution < -0.4 is 5.73 Å². The number of rotatable bonds is 3. The van der Waals surface area contributed by atoms with Gasteiger partial charge < -0.3 is 5.73 Å². The van der Waals surface area contributed by atoms with Crippen LogP contribution in [0.5, 0.6) is 0 Å². The summed E-state index contributed by atoms with van der Waals surface area (Å²) in [5.41, 5.74) is 4.13. The van der Waals surface area contributed by atoms with Gasteiger partial charge in [-0.05, 0) is 14.0 Å². The van der Waals surface area contributed by atoms with Crippen molar-refractivity contribution < 1.29 is 13.2 Å². The van der Waals surface area contributed by atoms with Crippen LogP contribution in [-0.2, 0) is 0 Å². The number of hydrogen-bond donors (Lipinski definition) is 1. The van der Waals surface area contributed by atoms with E-state index in [2.05, 4.69) is 0 Å². The van der Waals surface area contributed by atoms with Gasteiger partial charge in [0.2, 0.25) is 0 Å². The summed E-state index contributed by atoms with van der Waals surface area (Å²) in [4.78, 5) is 0.975. The lowest BCUT2D eigenvalue weighted by Crippen LogP contribution is -2.47. The van der Waals surface area contributed by atoms with Crippen LogP contribution in [0.4, 0.5) is 13.2 Å². The molecule has 0 rings (SSSR count). The van der Waals surface area contributed by atoms with Gasteiger partial charge in [0.15, 0.2) is 0 Å². The molecular weight excluding hydrogens is 183 g/mol. The molecule has 0 bridgehead atoms. The van der Waals surface area contributed by atoms with Crippen molar-refractivity contribution >= 4 is 0 Å². The molecule has 0 aliphatic heterocycles. The molecule has 0 aromatic rings. The summed E-state index contributed by atoms with van der Waals surface area (Å²) in [7, 11) is 1.27. The van der Waals surface area contributed by atoms with Gasteiger partial charge in [0.25, 0.3) is 0 Å². The van der Waals surface area contributed by atoms with Gasteiger partial charge in [0.1, 0.15) is 5.54 Å². The van der Waals surface area contributed by atoms with Crippen molar-refractivity contribution in [2.45, 2.75) is 18.6 Å². The molecule has 0 saturated heterocycles. The Morgan fingerprint density at radius 1 is 1.38 bits per heavy atom. The molecule has 0 aliphatic carbocycles. The van der Waals surface area contributed by atoms with E-state index >= 15 is 0 Å². The topological polar surface area (TPSA) is 53.0 Å². The van der Waals surface area contributed by atoms with Crippen LogP contribution in [0.15, 0.2) is 0 Å². The lowest BCUT2D eigenvalue weighted by molar-refractivity contribution is -0.143. The number of hydrogen-bond acceptors (Lipinski definition) is 3. The first kappa shape index (κ1) is 12.2. The number of nitriles is 1. The van der Waals surface area contributed by atoms with Gasteiger partial charge >= 0.3 is 6.18 Å². The monoisotopic (exact) mass is 195 g/mol. The van der Waals surface area contributed by atoms with Crippen molar-refractivity contribution in [3.63, 3.8) is 0 Å². The van der Waals surface area contributed by atoms with Crippen LogP contribution >= 0.6 is 0 Å². The van der Waals surface area contributed by atoms with Gasteiger partial charge in [-0.25, -0.2) is 0 Å². The van der Waals surface area contributed by atoms with Gasteiger partial charge in [-0.3, -0.25) is 4.90 Å². The number of nitrogens with zero attached hydrogens (tertiary/aromatic N) is 2. The number of alkyl halides is 3. The minimum Gasteiger partial charge on any atom is -0.313 e. The zero-order valence-electron chi connectivity index (χ0n) is 7.52. The normalized spacial score (nSPS) is 16.8. The largest absolute Gasteiger partial charge is 0.401 e. The molecule has 13 heavy (non-hydrogen) atoms. The van der Waals surface area contributed by atoms with Crippen molar-refractivity contribution in [2.24, 2.45) is 5.73 Å². The molecule has 0 heterocycles.